The largest absolute Gasteiger partial charge is 0.508 e. The zero-order valence-corrected chi connectivity index (χ0v) is 27.9. The highest BCUT2D eigenvalue weighted by Crippen LogP contribution is 2.54. The zero-order chi connectivity index (χ0) is 36.9. The standard InChI is InChI=1S/C40H36O11/c1-18(2)4-7-24-28(43)11-10-25(38(24)48)39(49)35-26(22-8-5-20(41)14-29(22)44)12-19(3)13-27(35)36-31(46)17-34-37(40(36)50)32(47)16-33(51-34)23-9-6-21(42)15-30(23)45/h4-6,8-11,13-17,26-27,35,41-46,48,50H,7,12H2,1-3H3/t26-,27+,35-/m1/s1. The SMILES string of the molecule is CC(C)=CCc1c(O)ccc(C(=O)[C@H]2[C@@H](c3c(O)cc4oc(-c5ccc(O)cc5O)cc(=O)c4c3O)C=C(C)C[C@@H]2c2ccc(O)cc2O)c1O. The van der Waals surface area contributed by atoms with Gasteiger partial charge in [0, 0.05) is 53.1 Å². The highest BCUT2D eigenvalue weighted by atomic mass is 16.3. The molecule has 0 saturated heterocycles. The Kier molecular flexibility index (Phi) is 8.90. The van der Waals surface area contributed by atoms with Crippen LogP contribution in [0.15, 0.2) is 93.2 Å². The van der Waals surface area contributed by atoms with Gasteiger partial charge >= 0.3 is 0 Å². The Morgan fingerprint density at radius 2 is 1.49 bits per heavy atom. The molecule has 0 fully saturated rings. The van der Waals surface area contributed by atoms with E-state index in [1.54, 1.807) is 19.1 Å². The lowest BCUT2D eigenvalue weighted by molar-refractivity contribution is 0.0876. The van der Waals surface area contributed by atoms with Crippen LogP contribution in [0.5, 0.6) is 46.0 Å². The Labute approximate surface area is 291 Å². The fourth-order valence-electron chi connectivity index (χ4n) is 6.97. The predicted octanol–water partition coefficient (Wildman–Crippen LogP) is 7.33. The summed E-state index contributed by atoms with van der Waals surface area (Å²) in [5.41, 5.74) is 0.817. The molecule has 0 amide bonds. The molecule has 4 aromatic carbocycles. The number of Topliss-reactive ketones (excluding diaryl/α,β-unsaturated/α-hetero) is 1. The van der Waals surface area contributed by atoms with Gasteiger partial charge in [-0.05, 0) is 69.5 Å². The van der Waals surface area contributed by atoms with E-state index in [0.29, 0.717) is 5.57 Å². The molecular formula is C40H36O11. The minimum atomic E-state index is -1.22. The lowest BCUT2D eigenvalue weighted by Gasteiger charge is -2.37. The maximum atomic E-state index is 14.8. The normalized spacial score (nSPS) is 17.2. The van der Waals surface area contributed by atoms with Crippen LogP contribution in [0.4, 0.5) is 0 Å². The molecule has 8 N–H and O–H groups in total. The number of carbonyl (C=O) groups is 1. The van der Waals surface area contributed by atoms with E-state index in [1.165, 1.54) is 36.4 Å². The number of phenols is 8. The van der Waals surface area contributed by atoms with Crippen molar-refractivity contribution in [3.8, 4) is 57.3 Å². The molecule has 0 spiro atoms. The van der Waals surface area contributed by atoms with Crippen LogP contribution in [0.3, 0.4) is 0 Å². The van der Waals surface area contributed by atoms with Crippen LogP contribution in [0, 0.1) is 5.92 Å². The van der Waals surface area contributed by atoms with E-state index in [9.17, 15) is 50.4 Å². The van der Waals surface area contributed by atoms with Crippen LogP contribution in [0.2, 0.25) is 0 Å². The topological polar surface area (TPSA) is 209 Å². The highest BCUT2D eigenvalue weighted by molar-refractivity contribution is 6.03. The van der Waals surface area contributed by atoms with Gasteiger partial charge in [0.1, 0.15) is 62.7 Å². The lowest BCUT2D eigenvalue weighted by Crippen LogP contribution is -2.32. The highest BCUT2D eigenvalue weighted by Gasteiger charge is 2.44. The number of benzene rings is 4. The number of carbonyl (C=O) groups excluding carboxylic acids is 1. The first-order chi connectivity index (χ1) is 24.2. The number of phenolic OH excluding ortho intramolecular Hbond substituents is 8. The van der Waals surface area contributed by atoms with Crippen molar-refractivity contribution in [3.05, 3.63) is 116 Å². The second kappa shape index (κ2) is 13.2. The van der Waals surface area contributed by atoms with Crippen molar-refractivity contribution in [1.29, 1.82) is 0 Å². The first-order valence-electron chi connectivity index (χ1n) is 16.1. The smallest absolute Gasteiger partial charge is 0.197 e. The van der Waals surface area contributed by atoms with Gasteiger partial charge in [0.25, 0.3) is 0 Å². The Balaban J connectivity index is 1.57. The molecular weight excluding hydrogens is 656 g/mol. The van der Waals surface area contributed by atoms with Crippen molar-refractivity contribution in [2.75, 3.05) is 0 Å². The van der Waals surface area contributed by atoms with Crippen molar-refractivity contribution in [1.82, 2.24) is 0 Å². The summed E-state index contributed by atoms with van der Waals surface area (Å²) in [6.45, 7) is 5.47. The van der Waals surface area contributed by atoms with E-state index < -0.39 is 46.2 Å². The molecule has 262 valence electrons. The summed E-state index contributed by atoms with van der Waals surface area (Å²) < 4.78 is 5.85. The van der Waals surface area contributed by atoms with Crippen LogP contribution >= 0.6 is 0 Å². The van der Waals surface area contributed by atoms with Gasteiger partial charge in [0.15, 0.2) is 11.2 Å². The minimum Gasteiger partial charge on any atom is -0.508 e. The fraction of sp³-hybridized carbons (Fsp3) is 0.200. The quantitative estimate of drug-likeness (QED) is 0.0625. The summed E-state index contributed by atoms with van der Waals surface area (Å²) in [5.74, 6) is -6.90. The van der Waals surface area contributed by atoms with Gasteiger partial charge in [0.05, 0.1) is 11.1 Å². The maximum absolute atomic E-state index is 14.8. The molecule has 0 radical (unpaired) electrons. The van der Waals surface area contributed by atoms with Gasteiger partial charge in [-0.25, -0.2) is 0 Å². The van der Waals surface area contributed by atoms with E-state index >= 15 is 0 Å². The zero-order valence-electron chi connectivity index (χ0n) is 27.9. The van der Waals surface area contributed by atoms with Crippen LogP contribution in [-0.4, -0.2) is 46.6 Å². The number of hydrogen-bond acceptors (Lipinski definition) is 11. The van der Waals surface area contributed by atoms with Gasteiger partial charge in [-0.1, -0.05) is 29.4 Å². The summed E-state index contributed by atoms with van der Waals surface area (Å²) in [6, 6.07) is 12.4. The van der Waals surface area contributed by atoms with Crippen molar-refractivity contribution in [2.24, 2.45) is 5.92 Å². The third kappa shape index (κ3) is 6.29. The Hall–Kier alpha value is -6.36. The van der Waals surface area contributed by atoms with Gasteiger partial charge in [-0.2, -0.15) is 0 Å². The number of allylic oxidation sites excluding steroid dienone is 4. The first kappa shape index (κ1) is 34.5. The molecule has 6 rings (SSSR count). The molecule has 3 atom stereocenters. The van der Waals surface area contributed by atoms with Crippen LogP contribution in [0.25, 0.3) is 22.3 Å². The maximum Gasteiger partial charge on any atom is 0.197 e. The number of fused-ring (bicyclic) bond motifs is 1. The van der Waals surface area contributed by atoms with E-state index in [2.05, 4.69) is 0 Å². The van der Waals surface area contributed by atoms with Crippen LogP contribution in [0.1, 0.15) is 66.1 Å². The van der Waals surface area contributed by atoms with Crippen molar-refractivity contribution >= 4 is 16.8 Å². The third-order valence-corrected chi connectivity index (χ3v) is 9.37. The molecule has 1 aliphatic carbocycles. The summed E-state index contributed by atoms with van der Waals surface area (Å²) in [7, 11) is 0. The molecule has 0 unspecified atom stereocenters. The molecule has 51 heavy (non-hydrogen) atoms. The van der Waals surface area contributed by atoms with E-state index in [-0.39, 0.29) is 86.1 Å². The Bertz CT molecular complexity index is 2340. The van der Waals surface area contributed by atoms with E-state index in [1.807, 2.05) is 13.8 Å². The fourth-order valence-corrected chi connectivity index (χ4v) is 6.97. The minimum absolute atomic E-state index is 0.0700. The molecule has 0 bridgehead atoms. The Morgan fingerprint density at radius 3 is 2.16 bits per heavy atom. The molecule has 11 nitrogen and oxygen atoms in total. The molecule has 11 heteroatoms. The van der Waals surface area contributed by atoms with Crippen molar-refractivity contribution < 1.29 is 50.1 Å². The monoisotopic (exact) mass is 692 g/mol. The summed E-state index contributed by atoms with van der Waals surface area (Å²) in [5, 5.41) is 86.1. The second-order valence-electron chi connectivity index (χ2n) is 13.1. The van der Waals surface area contributed by atoms with E-state index in [4.69, 9.17) is 4.42 Å². The summed E-state index contributed by atoms with van der Waals surface area (Å²) in [6.07, 6.45) is 3.80. The third-order valence-electron chi connectivity index (χ3n) is 9.37. The average Bonchev–Trinajstić information content (AvgIpc) is 3.03. The second-order valence-corrected chi connectivity index (χ2v) is 13.1. The van der Waals surface area contributed by atoms with Crippen LogP contribution in [-0.2, 0) is 6.42 Å². The van der Waals surface area contributed by atoms with Crippen molar-refractivity contribution in [2.45, 2.75) is 45.4 Å². The summed E-state index contributed by atoms with van der Waals surface area (Å²) >= 11 is 0. The number of ketones is 1. The van der Waals surface area contributed by atoms with Gasteiger partial charge in [-0.3, -0.25) is 9.59 Å². The molecule has 0 aliphatic heterocycles. The number of aromatic hydroxyl groups is 8. The van der Waals surface area contributed by atoms with Gasteiger partial charge in [-0.15, -0.1) is 0 Å². The number of rotatable bonds is 7. The first-order valence-corrected chi connectivity index (χ1v) is 16.1. The molecule has 5 aromatic rings. The number of hydrogen-bond donors (Lipinski definition) is 8. The van der Waals surface area contributed by atoms with Crippen molar-refractivity contribution in [3.63, 3.8) is 0 Å². The average molecular weight is 693 g/mol. The van der Waals surface area contributed by atoms with Crippen LogP contribution < -0.4 is 5.43 Å². The summed E-state index contributed by atoms with van der Waals surface area (Å²) in [4.78, 5) is 28.4. The van der Waals surface area contributed by atoms with Gasteiger partial charge in [0.2, 0.25) is 0 Å². The van der Waals surface area contributed by atoms with E-state index in [0.717, 1.165) is 29.8 Å². The molecule has 1 aromatic heterocycles. The molecule has 1 heterocycles. The lowest BCUT2D eigenvalue weighted by atomic mass is 9.65. The van der Waals surface area contributed by atoms with Gasteiger partial charge < -0.3 is 45.3 Å². The predicted molar refractivity (Wildman–Crippen MR) is 189 cm³/mol. The molecule has 1 aliphatic rings. The Morgan fingerprint density at radius 1 is 0.804 bits per heavy atom. The molecule has 0 saturated carbocycles.